The molecule has 1 amide bonds. The highest BCUT2D eigenvalue weighted by Gasteiger charge is 2.10. The van der Waals surface area contributed by atoms with Crippen molar-refractivity contribution < 1.29 is 18.7 Å². The highest BCUT2D eigenvalue weighted by molar-refractivity contribution is 5.64. The van der Waals surface area contributed by atoms with Crippen molar-refractivity contribution in [3.63, 3.8) is 0 Å². The van der Waals surface area contributed by atoms with Gasteiger partial charge in [-0.1, -0.05) is 30.3 Å². The Bertz CT molecular complexity index is 1040. The number of amides is 1. The first-order valence-corrected chi connectivity index (χ1v) is 8.69. The van der Waals surface area contributed by atoms with E-state index in [1.807, 2.05) is 30.3 Å². The molecule has 0 radical (unpaired) electrons. The molecule has 0 atom stereocenters. The van der Waals surface area contributed by atoms with Crippen LogP contribution in [0.5, 0.6) is 5.75 Å². The summed E-state index contributed by atoms with van der Waals surface area (Å²) in [6.45, 7) is -0.101. The topological polar surface area (TPSA) is 101 Å². The van der Waals surface area contributed by atoms with E-state index in [2.05, 4.69) is 9.84 Å². The van der Waals surface area contributed by atoms with Gasteiger partial charge in [0.25, 0.3) is 0 Å². The zero-order chi connectivity index (χ0) is 20.6. The third kappa shape index (κ3) is 5.32. The van der Waals surface area contributed by atoms with E-state index in [-0.39, 0.29) is 25.1 Å². The Morgan fingerprint density at radius 2 is 1.86 bits per heavy atom. The smallest absolute Gasteiger partial charge is 0.404 e. The van der Waals surface area contributed by atoms with Crippen molar-refractivity contribution in [2.45, 2.75) is 13.2 Å². The highest BCUT2D eigenvalue weighted by atomic mass is 19.1. The summed E-state index contributed by atoms with van der Waals surface area (Å²) < 4.78 is 25.6. The fraction of sp³-hybridized carbons (Fsp3) is 0.150. The molecule has 0 unspecified atom stereocenters. The van der Waals surface area contributed by atoms with Crippen molar-refractivity contribution in [3.8, 4) is 11.4 Å². The van der Waals surface area contributed by atoms with Crippen molar-refractivity contribution in [1.29, 1.82) is 0 Å². The van der Waals surface area contributed by atoms with E-state index in [4.69, 9.17) is 10.5 Å². The van der Waals surface area contributed by atoms with Crippen LogP contribution < -0.4 is 16.2 Å². The molecule has 0 aliphatic carbocycles. The summed E-state index contributed by atoms with van der Waals surface area (Å²) in [5, 5.41) is 3.96. The number of nitrogens with two attached hydrogens (primary N) is 1. The van der Waals surface area contributed by atoms with E-state index in [1.165, 1.54) is 10.9 Å². The van der Waals surface area contributed by atoms with Crippen molar-refractivity contribution in [2.75, 3.05) is 6.61 Å². The van der Waals surface area contributed by atoms with E-state index in [1.54, 1.807) is 24.3 Å². The summed E-state index contributed by atoms with van der Waals surface area (Å²) in [6, 6.07) is 16.7. The largest absolute Gasteiger partial charge is 0.489 e. The van der Waals surface area contributed by atoms with Gasteiger partial charge in [-0.25, -0.2) is 23.2 Å². The van der Waals surface area contributed by atoms with Crippen LogP contribution in [0.25, 0.3) is 5.69 Å². The van der Waals surface area contributed by atoms with Crippen LogP contribution in [-0.2, 0) is 17.9 Å². The van der Waals surface area contributed by atoms with Gasteiger partial charge in [0, 0.05) is 5.57 Å². The third-order valence-electron chi connectivity index (χ3n) is 4.00. The molecule has 8 nitrogen and oxygen atoms in total. The van der Waals surface area contributed by atoms with E-state index in [0.717, 1.165) is 10.2 Å². The molecule has 0 fully saturated rings. The summed E-state index contributed by atoms with van der Waals surface area (Å²) in [5.41, 5.74) is 6.05. The second-order valence-electron chi connectivity index (χ2n) is 6.08. The molecule has 29 heavy (non-hydrogen) atoms. The van der Waals surface area contributed by atoms with Gasteiger partial charge in [-0.3, -0.25) is 0 Å². The number of primary amides is 1. The van der Waals surface area contributed by atoms with Crippen LogP contribution in [-0.4, -0.2) is 27.0 Å². The van der Waals surface area contributed by atoms with Gasteiger partial charge in [-0.05, 0) is 29.8 Å². The Morgan fingerprint density at radius 1 is 1.14 bits per heavy atom. The van der Waals surface area contributed by atoms with Crippen molar-refractivity contribution in [3.05, 3.63) is 88.9 Å². The normalized spacial score (nSPS) is 11.3. The fourth-order valence-corrected chi connectivity index (χ4v) is 2.53. The lowest BCUT2D eigenvalue weighted by atomic mass is 10.2. The quantitative estimate of drug-likeness (QED) is 0.628. The zero-order valence-corrected chi connectivity index (χ0v) is 15.4. The van der Waals surface area contributed by atoms with Gasteiger partial charge in [-0.2, -0.15) is 5.10 Å². The monoisotopic (exact) mass is 398 g/mol. The maximum Gasteiger partial charge on any atom is 0.404 e. The van der Waals surface area contributed by atoms with Crippen LogP contribution in [0, 0.1) is 0 Å². The maximum absolute atomic E-state index is 12.9. The molecule has 3 aromatic rings. The molecule has 0 bridgehead atoms. The molecular formula is C20H19FN4O4. The first-order chi connectivity index (χ1) is 14.1. The van der Waals surface area contributed by atoms with Crippen molar-refractivity contribution in [1.82, 2.24) is 14.3 Å². The predicted molar refractivity (Wildman–Crippen MR) is 103 cm³/mol. The molecule has 0 aliphatic heterocycles. The average Bonchev–Trinajstić information content (AvgIpc) is 3.10. The summed E-state index contributed by atoms with van der Waals surface area (Å²) in [4.78, 5) is 23.1. The molecular weight excluding hydrogens is 379 g/mol. The predicted octanol–water partition coefficient (Wildman–Crippen LogP) is 2.56. The molecule has 9 heteroatoms. The third-order valence-corrected chi connectivity index (χ3v) is 4.00. The van der Waals surface area contributed by atoms with Crippen LogP contribution >= 0.6 is 0 Å². The number of hydrogen-bond donors (Lipinski definition) is 1. The van der Waals surface area contributed by atoms with Crippen molar-refractivity contribution in [2.24, 2.45) is 5.73 Å². The Balaban J connectivity index is 1.66. The number of ether oxygens (including phenoxy) is 2. The molecule has 0 spiro atoms. The minimum absolute atomic E-state index is 0.0424. The lowest BCUT2D eigenvalue weighted by molar-refractivity contribution is 0.164. The Hall–Kier alpha value is -3.88. The summed E-state index contributed by atoms with van der Waals surface area (Å²) in [5.74, 6) is 0.657. The number of carbonyl (C=O) groups excluding carboxylic acids is 1. The number of nitrogens with zero attached hydrogens (tertiary/aromatic N) is 3. The van der Waals surface area contributed by atoms with Gasteiger partial charge in [0.05, 0.1) is 18.6 Å². The van der Waals surface area contributed by atoms with Gasteiger partial charge in [0.1, 0.15) is 25.3 Å². The summed E-state index contributed by atoms with van der Waals surface area (Å²) >= 11 is 0. The summed E-state index contributed by atoms with van der Waals surface area (Å²) in [6.07, 6.45) is 0.553. The fourth-order valence-electron chi connectivity index (χ4n) is 2.53. The van der Waals surface area contributed by atoms with Gasteiger partial charge < -0.3 is 15.2 Å². The lowest BCUT2D eigenvalue weighted by Gasteiger charge is -2.07. The van der Waals surface area contributed by atoms with Crippen LogP contribution in [0.15, 0.2) is 77.6 Å². The molecule has 2 aromatic carbocycles. The Morgan fingerprint density at radius 3 is 2.52 bits per heavy atom. The van der Waals surface area contributed by atoms with Gasteiger partial charge in [-0.15, -0.1) is 0 Å². The van der Waals surface area contributed by atoms with E-state index < -0.39 is 11.8 Å². The van der Waals surface area contributed by atoms with Crippen molar-refractivity contribution >= 4 is 6.09 Å². The molecule has 150 valence electrons. The van der Waals surface area contributed by atoms with E-state index in [0.29, 0.717) is 18.0 Å². The molecule has 0 saturated carbocycles. The number of rotatable bonds is 8. The number of aromatic nitrogens is 3. The van der Waals surface area contributed by atoms with E-state index in [9.17, 15) is 14.0 Å². The zero-order valence-electron chi connectivity index (χ0n) is 15.4. The second-order valence-corrected chi connectivity index (χ2v) is 6.08. The van der Waals surface area contributed by atoms with Crippen LogP contribution in [0.2, 0.25) is 0 Å². The Kier molecular flexibility index (Phi) is 6.41. The standard InChI is InChI=1S/C20H19FN4O4/c21-10-16(13-29-19(22)26)11-25-20(27)24(14-23-25)17-6-8-18(9-7-17)28-12-15-4-2-1-3-5-15/h1-10,14H,11-13H2,(H2,22,26). The second kappa shape index (κ2) is 9.36. The average molecular weight is 398 g/mol. The first kappa shape index (κ1) is 19.9. The Labute approximate surface area is 165 Å². The number of hydrogen-bond acceptors (Lipinski definition) is 5. The molecule has 2 N–H and O–H groups in total. The van der Waals surface area contributed by atoms with E-state index >= 15 is 0 Å². The van der Waals surface area contributed by atoms with Gasteiger partial charge >= 0.3 is 11.8 Å². The van der Waals surface area contributed by atoms with Gasteiger partial charge in [0.15, 0.2) is 0 Å². The molecule has 0 saturated heterocycles. The molecule has 1 heterocycles. The minimum atomic E-state index is -1.03. The van der Waals surface area contributed by atoms with Crippen LogP contribution in [0.4, 0.5) is 9.18 Å². The number of carbonyl (C=O) groups is 1. The molecule has 3 rings (SSSR count). The minimum Gasteiger partial charge on any atom is -0.489 e. The SMILES string of the molecule is NC(=O)OCC(=CF)Cn1ncn(-c2ccc(OCc3ccccc3)cc2)c1=O. The molecule has 1 aromatic heterocycles. The summed E-state index contributed by atoms with van der Waals surface area (Å²) in [7, 11) is 0. The van der Waals surface area contributed by atoms with Crippen LogP contribution in [0.3, 0.4) is 0 Å². The lowest BCUT2D eigenvalue weighted by Crippen LogP contribution is -2.26. The number of benzene rings is 2. The molecule has 0 aliphatic rings. The highest BCUT2D eigenvalue weighted by Crippen LogP contribution is 2.16. The van der Waals surface area contributed by atoms with Crippen LogP contribution in [0.1, 0.15) is 5.56 Å². The first-order valence-electron chi connectivity index (χ1n) is 8.69. The number of halogens is 1. The maximum atomic E-state index is 12.9. The van der Waals surface area contributed by atoms with Gasteiger partial charge in [0.2, 0.25) is 0 Å².